The molecule has 0 unspecified atom stereocenters. The van der Waals surface area contributed by atoms with E-state index in [2.05, 4.69) is 30.8 Å². The third-order valence-corrected chi connectivity index (χ3v) is 3.61. The van der Waals surface area contributed by atoms with Crippen LogP contribution in [0.2, 0.25) is 0 Å². The first-order chi connectivity index (χ1) is 9.33. The van der Waals surface area contributed by atoms with E-state index in [1.807, 2.05) is 36.5 Å². The molecule has 0 N–H and O–H groups in total. The second kappa shape index (κ2) is 5.67. The number of halogens is 1. The summed E-state index contributed by atoms with van der Waals surface area (Å²) >= 11 is 3.43. The van der Waals surface area contributed by atoms with Crippen LogP contribution in [-0.4, -0.2) is 36.3 Å². The molecule has 0 saturated carbocycles. The third kappa shape index (κ3) is 2.93. The minimum atomic E-state index is 0.761. The van der Waals surface area contributed by atoms with Crippen molar-refractivity contribution < 1.29 is 4.74 Å². The zero-order valence-corrected chi connectivity index (χ0v) is 12.0. The average Bonchev–Trinajstić information content (AvgIpc) is 2.49. The first-order valence-electron chi connectivity index (χ1n) is 6.24. The van der Waals surface area contributed by atoms with Crippen molar-refractivity contribution in [3.63, 3.8) is 0 Å². The smallest absolute Gasteiger partial charge is 0.161 e. The summed E-state index contributed by atoms with van der Waals surface area (Å²) in [5, 5.41) is 0. The molecule has 0 atom stereocenters. The zero-order chi connectivity index (χ0) is 13.1. The molecule has 0 aliphatic carbocycles. The Hall–Kier alpha value is -1.46. The molecule has 0 amide bonds. The molecule has 19 heavy (non-hydrogen) atoms. The van der Waals surface area contributed by atoms with Crippen molar-refractivity contribution in [2.75, 3.05) is 31.2 Å². The summed E-state index contributed by atoms with van der Waals surface area (Å²) in [7, 11) is 0. The molecule has 1 aliphatic heterocycles. The summed E-state index contributed by atoms with van der Waals surface area (Å²) in [6, 6.07) is 9.99. The summed E-state index contributed by atoms with van der Waals surface area (Å²) in [4.78, 5) is 11.2. The maximum absolute atomic E-state index is 5.36. The number of aromatic nitrogens is 2. The fourth-order valence-corrected chi connectivity index (χ4v) is 2.32. The van der Waals surface area contributed by atoms with Crippen LogP contribution in [0.3, 0.4) is 0 Å². The average molecular weight is 320 g/mol. The van der Waals surface area contributed by atoms with Crippen LogP contribution in [0.15, 0.2) is 41.0 Å². The van der Waals surface area contributed by atoms with E-state index in [1.165, 1.54) is 0 Å². The Bertz CT molecular complexity index is 553. The molecular weight excluding hydrogens is 306 g/mol. The van der Waals surface area contributed by atoms with Crippen LogP contribution < -0.4 is 4.90 Å². The van der Waals surface area contributed by atoms with Crippen LogP contribution in [-0.2, 0) is 4.74 Å². The van der Waals surface area contributed by atoms with E-state index in [0.717, 1.165) is 48.0 Å². The SMILES string of the molecule is Brc1ccc(-c2nccc(N3CCOCC3)n2)cc1. The summed E-state index contributed by atoms with van der Waals surface area (Å²) in [5.41, 5.74) is 1.03. The van der Waals surface area contributed by atoms with Crippen molar-refractivity contribution in [1.29, 1.82) is 0 Å². The van der Waals surface area contributed by atoms with Crippen LogP contribution in [0, 0.1) is 0 Å². The van der Waals surface area contributed by atoms with Crippen LogP contribution in [0.5, 0.6) is 0 Å². The molecule has 5 heteroatoms. The molecular formula is C14H14BrN3O. The lowest BCUT2D eigenvalue weighted by molar-refractivity contribution is 0.122. The third-order valence-electron chi connectivity index (χ3n) is 3.08. The first kappa shape index (κ1) is 12.6. The molecule has 1 aromatic carbocycles. The number of ether oxygens (including phenoxy) is 1. The number of nitrogens with zero attached hydrogens (tertiary/aromatic N) is 3. The maximum Gasteiger partial charge on any atom is 0.161 e. The highest BCUT2D eigenvalue weighted by molar-refractivity contribution is 9.10. The van der Waals surface area contributed by atoms with Gasteiger partial charge in [0.05, 0.1) is 13.2 Å². The number of hydrogen-bond acceptors (Lipinski definition) is 4. The quantitative estimate of drug-likeness (QED) is 0.853. The molecule has 0 radical (unpaired) electrons. The van der Waals surface area contributed by atoms with E-state index >= 15 is 0 Å². The maximum atomic E-state index is 5.36. The molecule has 98 valence electrons. The normalized spacial score (nSPS) is 15.5. The molecule has 0 bridgehead atoms. The second-order valence-electron chi connectivity index (χ2n) is 4.34. The molecule has 4 nitrogen and oxygen atoms in total. The van der Waals surface area contributed by atoms with E-state index in [-0.39, 0.29) is 0 Å². The number of morpholine rings is 1. The van der Waals surface area contributed by atoms with Crippen molar-refractivity contribution in [2.45, 2.75) is 0 Å². The van der Waals surface area contributed by atoms with Gasteiger partial charge in [-0.05, 0) is 18.2 Å². The molecule has 1 fully saturated rings. The molecule has 2 heterocycles. The van der Waals surface area contributed by atoms with Crippen molar-refractivity contribution in [2.24, 2.45) is 0 Å². The van der Waals surface area contributed by atoms with Crippen LogP contribution in [0.4, 0.5) is 5.82 Å². The predicted octanol–water partition coefficient (Wildman–Crippen LogP) is 2.74. The van der Waals surface area contributed by atoms with Gasteiger partial charge in [0.2, 0.25) is 0 Å². The highest BCUT2D eigenvalue weighted by atomic mass is 79.9. The van der Waals surface area contributed by atoms with Gasteiger partial charge in [0.1, 0.15) is 5.82 Å². The molecule has 1 saturated heterocycles. The molecule has 1 aromatic heterocycles. The van der Waals surface area contributed by atoms with Gasteiger partial charge >= 0.3 is 0 Å². The minimum absolute atomic E-state index is 0.761. The highest BCUT2D eigenvalue weighted by Crippen LogP contribution is 2.21. The lowest BCUT2D eigenvalue weighted by atomic mass is 10.2. The van der Waals surface area contributed by atoms with E-state index in [0.29, 0.717) is 0 Å². The van der Waals surface area contributed by atoms with Crippen molar-refractivity contribution in [1.82, 2.24) is 9.97 Å². The van der Waals surface area contributed by atoms with Gasteiger partial charge in [0, 0.05) is 29.3 Å². The summed E-state index contributed by atoms with van der Waals surface area (Å²) in [6.07, 6.45) is 1.81. The lowest BCUT2D eigenvalue weighted by Crippen LogP contribution is -2.36. The lowest BCUT2D eigenvalue weighted by Gasteiger charge is -2.27. The summed E-state index contributed by atoms with van der Waals surface area (Å²) in [6.45, 7) is 3.29. The summed E-state index contributed by atoms with van der Waals surface area (Å²) < 4.78 is 6.42. The Morgan fingerprint density at radius 2 is 1.79 bits per heavy atom. The zero-order valence-electron chi connectivity index (χ0n) is 10.4. The molecule has 3 rings (SSSR count). The predicted molar refractivity (Wildman–Crippen MR) is 78.2 cm³/mol. The highest BCUT2D eigenvalue weighted by Gasteiger charge is 2.13. The van der Waals surface area contributed by atoms with Gasteiger partial charge in [0.25, 0.3) is 0 Å². The van der Waals surface area contributed by atoms with Gasteiger partial charge in [-0.2, -0.15) is 0 Å². The fourth-order valence-electron chi connectivity index (χ4n) is 2.06. The van der Waals surface area contributed by atoms with Crippen LogP contribution in [0.1, 0.15) is 0 Å². The standard InChI is InChI=1S/C14H14BrN3O/c15-12-3-1-11(2-4-12)14-16-6-5-13(17-14)18-7-9-19-10-8-18/h1-6H,7-10H2. The molecule has 0 spiro atoms. The van der Waals surface area contributed by atoms with E-state index in [1.54, 1.807) is 0 Å². The monoisotopic (exact) mass is 319 g/mol. The van der Waals surface area contributed by atoms with Gasteiger partial charge < -0.3 is 9.64 Å². The van der Waals surface area contributed by atoms with Gasteiger partial charge in [-0.3, -0.25) is 0 Å². The largest absolute Gasteiger partial charge is 0.378 e. The molecule has 2 aromatic rings. The minimum Gasteiger partial charge on any atom is -0.378 e. The van der Waals surface area contributed by atoms with E-state index in [4.69, 9.17) is 4.74 Å². The number of rotatable bonds is 2. The Labute approximate surface area is 120 Å². The Kier molecular flexibility index (Phi) is 3.75. The van der Waals surface area contributed by atoms with Gasteiger partial charge in [-0.25, -0.2) is 9.97 Å². The fraction of sp³-hybridized carbons (Fsp3) is 0.286. The number of anilines is 1. The number of benzene rings is 1. The van der Waals surface area contributed by atoms with E-state index < -0.39 is 0 Å². The van der Waals surface area contributed by atoms with Crippen molar-refractivity contribution in [3.05, 3.63) is 41.0 Å². The van der Waals surface area contributed by atoms with E-state index in [9.17, 15) is 0 Å². The molecule has 1 aliphatic rings. The topological polar surface area (TPSA) is 38.2 Å². The number of hydrogen-bond donors (Lipinski definition) is 0. The van der Waals surface area contributed by atoms with Gasteiger partial charge in [-0.1, -0.05) is 28.1 Å². The van der Waals surface area contributed by atoms with Crippen LogP contribution >= 0.6 is 15.9 Å². The second-order valence-corrected chi connectivity index (χ2v) is 5.26. The Morgan fingerprint density at radius 3 is 2.53 bits per heavy atom. The Balaban J connectivity index is 1.88. The van der Waals surface area contributed by atoms with Gasteiger partial charge in [0.15, 0.2) is 5.82 Å². The van der Waals surface area contributed by atoms with Crippen LogP contribution in [0.25, 0.3) is 11.4 Å². The van der Waals surface area contributed by atoms with Crippen molar-refractivity contribution in [3.8, 4) is 11.4 Å². The van der Waals surface area contributed by atoms with Crippen molar-refractivity contribution >= 4 is 21.7 Å². The Morgan fingerprint density at radius 1 is 1.05 bits per heavy atom. The summed E-state index contributed by atoms with van der Waals surface area (Å²) in [5.74, 6) is 1.73. The first-order valence-corrected chi connectivity index (χ1v) is 7.04. The van der Waals surface area contributed by atoms with Gasteiger partial charge in [-0.15, -0.1) is 0 Å².